The Morgan fingerprint density at radius 3 is 2.76 bits per heavy atom. The summed E-state index contributed by atoms with van der Waals surface area (Å²) < 4.78 is 14.5. The molecular weight excluding hydrogens is 371 g/mol. The number of fused-ring (bicyclic) bond motifs is 1. The van der Waals surface area contributed by atoms with Gasteiger partial charge in [-0.2, -0.15) is 0 Å². The van der Waals surface area contributed by atoms with Crippen LogP contribution >= 0.6 is 0 Å². The zero-order valence-electron chi connectivity index (χ0n) is 16.0. The summed E-state index contributed by atoms with van der Waals surface area (Å²) in [5.41, 5.74) is 4.52. The van der Waals surface area contributed by atoms with E-state index >= 15 is 0 Å². The first kappa shape index (κ1) is 18.8. The highest BCUT2D eigenvalue weighted by atomic mass is 19.1. The smallest absolute Gasteiger partial charge is 0.251 e. The second kappa shape index (κ2) is 7.44. The van der Waals surface area contributed by atoms with Crippen molar-refractivity contribution in [2.24, 2.45) is 10.2 Å². The number of halogens is 1. The lowest BCUT2D eigenvalue weighted by atomic mass is 9.95. The number of azo groups is 1. The highest BCUT2D eigenvalue weighted by Gasteiger charge is 2.22. The van der Waals surface area contributed by atoms with Gasteiger partial charge >= 0.3 is 0 Å². The first-order valence-corrected chi connectivity index (χ1v) is 9.21. The Balaban J connectivity index is 1.77. The van der Waals surface area contributed by atoms with Gasteiger partial charge in [0.15, 0.2) is 0 Å². The average molecular weight is 390 g/mol. The first-order chi connectivity index (χ1) is 14.0. The third-order valence-corrected chi connectivity index (χ3v) is 4.85. The summed E-state index contributed by atoms with van der Waals surface area (Å²) in [4.78, 5) is 12.2. The van der Waals surface area contributed by atoms with E-state index in [-0.39, 0.29) is 11.5 Å². The van der Waals surface area contributed by atoms with Crippen LogP contribution in [0.2, 0.25) is 0 Å². The molecule has 0 radical (unpaired) electrons. The number of carbonyl (C=O) groups excluding carboxylic acids is 1. The number of nitrogens with one attached hydrogen (secondary N) is 1. The maximum Gasteiger partial charge on any atom is 0.251 e. The molecule has 0 saturated heterocycles. The van der Waals surface area contributed by atoms with Gasteiger partial charge in [-0.1, -0.05) is 12.1 Å². The molecule has 0 bridgehead atoms. The summed E-state index contributed by atoms with van der Waals surface area (Å²) in [6.07, 6.45) is 6.77. The molecule has 2 aromatic carbocycles. The molecule has 2 heterocycles. The number of carbonyl (C=O) groups is 1. The molecule has 6 nitrogen and oxygen atoms in total. The molecule has 0 unspecified atom stereocenters. The maximum absolute atomic E-state index is 14.5. The molecule has 4 rings (SSSR count). The van der Waals surface area contributed by atoms with Crippen LogP contribution in [0.4, 0.5) is 10.1 Å². The predicted octanol–water partition coefficient (Wildman–Crippen LogP) is 5.09. The van der Waals surface area contributed by atoms with Gasteiger partial charge in [0.05, 0.1) is 11.4 Å². The van der Waals surface area contributed by atoms with E-state index < -0.39 is 5.82 Å². The molecule has 0 spiro atoms. The minimum absolute atomic E-state index is 0.268. The van der Waals surface area contributed by atoms with Crippen molar-refractivity contribution in [1.82, 2.24) is 10.4 Å². The first-order valence-electron chi connectivity index (χ1n) is 9.21. The fourth-order valence-electron chi connectivity index (χ4n) is 3.32. The van der Waals surface area contributed by atoms with Crippen LogP contribution in [0.25, 0.3) is 16.8 Å². The SMILES string of the molecule is CCNC(=O)c1cc(F)c(C)c(-c2ccc3c(c2)N=N/C3=C2/C=CC=CN2O)c1. The molecule has 146 valence electrons. The summed E-state index contributed by atoms with van der Waals surface area (Å²) in [5, 5.41) is 22.1. The topological polar surface area (TPSA) is 77.3 Å². The van der Waals surface area contributed by atoms with E-state index in [1.807, 2.05) is 19.1 Å². The fraction of sp³-hybridized carbons (Fsp3) is 0.136. The number of hydroxylamine groups is 2. The van der Waals surface area contributed by atoms with Gasteiger partial charge in [0, 0.05) is 23.9 Å². The van der Waals surface area contributed by atoms with Gasteiger partial charge in [-0.05, 0) is 67.0 Å². The fourth-order valence-corrected chi connectivity index (χ4v) is 3.32. The number of rotatable bonds is 3. The lowest BCUT2D eigenvalue weighted by molar-refractivity contribution is 0.000391. The Morgan fingerprint density at radius 2 is 2.00 bits per heavy atom. The summed E-state index contributed by atoms with van der Waals surface area (Å²) in [7, 11) is 0. The van der Waals surface area contributed by atoms with E-state index in [4.69, 9.17) is 0 Å². The Labute approximate surface area is 167 Å². The van der Waals surface area contributed by atoms with E-state index in [1.54, 1.807) is 37.3 Å². The highest BCUT2D eigenvalue weighted by Crippen LogP contribution is 2.41. The van der Waals surface area contributed by atoms with Gasteiger partial charge in [0.1, 0.15) is 11.5 Å². The van der Waals surface area contributed by atoms with Gasteiger partial charge in [-0.25, -0.2) is 9.45 Å². The second-order valence-electron chi connectivity index (χ2n) is 6.70. The molecule has 0 atom stereocenters. The van der Waals surface area contributed by atoms with Crippen LogP contribution in [0.1, 0.15) is 28.4 Å². The van der Waals surface area contributed by atoms with E-state index in [9.17, 15) is 14.4 Å². The lowest BCUT2D eigenvalue weighted by Gasteiger charge is -2.17. The summed E-state index contributed by atoms with van der Waals surface area (Å²) in [6, 6.07) is 8.41. The number of allylic oxidation sites excluding steroid dienone is 3. The van der Waals surface area contributed by atoms with Crippen molar-refractivity contribution in [3.8, 4) is 11.1 Å². The van der Waals surface area contributed by atoms with Crippen LogP contribution in [0.15, 0.2) is 70.7 Å². The molecular formula is C22H19FN4O2. The van der Waals surface area contributed by atoms with Crippen LogP contribution in [-0.2, 0) is 0 Å². The van der Waals surface area contributed by atoms with E-state index in [1.165, 1.54) is 12.3 Å². The van der Waals surface area contributed by atoms with Crippen molar-refractivity contribution in [2.45, 2.75) is 13.8 Å². The maximum atomic E-state index is 14.5. The number of nitrogens with zero attached hydrogens (tertiary/aromatic N) is 3. The Kier molecular flexibility index (Phi) is 4.82. The highest BCUT2D eigenvalue weighted by molar-refractivity contribution is 5.96. The van der Waals surface area contributed by atoms with Crippen molar-refractivity contribution in [3.63, 3.8) is 0 Å². The van der Waals surface area contributed by atoms with Crippen molar-refractivity contribution in [2.75, 3.05) is 6.54 Å². The molecule has 0 saturated carbocycles. The molecule has 2 N–H and O–H groups in total. The van der Waals surface area contributed by atoms with Crippen molar-refractivity contribution < 1.29 is 14.4 Å². The van der Waals surface area contributed by atoms with Crippen LogP contribution in [0, 0.1) is 12.7 Å². The number of hydrogen-bond donors (Lipinski definition) is 2. The van der Waals surface area contributed by atoms with Crippen LogP contribution < -0.4 is 5.32 Å². The molecule has 29 heavy (non-hydrogen) atoms. The van der Waals surface area contributed by atoms with E-state index in [0.29, 0.717) is 34.8 Å². The van der Waals surface area contributed by atoms with Crippen molar-refractivity contribution in [1.29, 1.82) is 0 Å². The standard InChI is InChI=1S/C22H19FN4O2/c1-3-24-22(28)15-10-17(13(2)18(23)11-15)14-7-8-16-19(12-14)25-26-21(16)20-6-4-5-9-27(20)29/h4-12,29H,3H2,1-2H3,(H,24,28)/b21-20-. The van der Waals surface area contributed by atoms with E-state index in [0.717, 1.165) is 16.2 Å². The summed E-state index contributed by atoms with van der Waals surface area (Å²) in [6.45, 7) is 3.95. The molecule has 0 aliphatic carbocycles. The number of amides is 1. The van der Waals surface area contributed by atoms with Crippen molar-refractivity contribution in [3.05, 3.63) is 83.0 Å². The molecule has 0 fully saturated rings. The third-order valence-electron chi connectivity index (χ3n) is 4.85. The average Bonchev–Trinajstić information content (AvgIpc) is 3.13. The van der Waals surface area contributed by atoms with Crippen LogP contribution in [0.3, 0.4) is 0 Å². The molecule has 2 aromatic rings. The Morgan fingerprint density at radius 1 is 1.17 bits per heavy atom. The zero-order valence-corrected chi connectivity index (χ0v) is 16.0. The lowest BCUT2D eigenvalue weighted by Crippen LogP contribution is -2.22. The minimum Gasteiger partial charge on any atom is -0.352 e. The molecule has 2 aliphatic rings. The number of benzene rings is 2. The quantitative estimate of drug-likeness (QED) is 0.766. The minimum atomic E-state index is -0.441. The third kappa shape index (κ3) is 3.36. The van der Waals surface area contributed by atoms with Crippen molar-refractivity contribution >= 4 is 17.3 Å². The monoisotopic (exact) mass is 390 g/mol. The van der Waals surface area contributed by atoms with Gasteiger partial charge in [-0.15, -0.1) is 10.2 Å². The van der Waals surface area contributed by atoms with Gasteiger partial charge in [0.2, 0.25) is 0 Å². The van der Waals surface area contributed by atoms with Crippen LogP contribution in [0.5, 0.6) is 0 Å². The molecule has 1 amide bonds. The zero-order chi connectivity index (χ0) is 20.5. The summed E-state index contributed by atoms with van der Waals surface area (Å²) in [5.74, 6) is -0.760. The van der Waals surface area contributed by atoms with Gasteiger partial charge < -0.3 is 5.32 Å². The largest absolute Gasteiger partial charge is 0.352 e. The molecule has 2 aliphatic heterocycles. The van der Waals surface area contributed by atoms with Crippen LogP contribution in [-0.4, -0.2) is 22.7 Å². The Bertz CT molecular complexity index is 1130. The normalized spacial score (nSPS) is 17.0. The predicted molar refractivity (Wildman–Crippen MR) is 108 cm³/mol. The van der Waals surface area contributed by atoms with E-state index in [2.05, 4.69) is 15.5 Å². The Hall–Kier alpha value is -3.58. The molecule has 7 heteroatoms. The van der Waals surface area contributed by atoms with Gasteiger partial charge in [-0.3, -0.25) is 10.0 Å². The second-order valence-corrected chi connectivity index (χ2v) is 6.70. The van der Waals surface area contributed by atoms with Gasteiger partial charge in [0.25, 0.3) is 5.91 Å². The summed E-state index contributed by atoms with van der Waals surface area (Å²) >= 11 is 0. The molecule has 0 aromatic heterocycles. The number of hydrogen-bond acceptors (Lipinski definition) is 5.